The molecule has 7 nitrogen and oxygen atoms in total. The highest BCUT2D eigenvalue weighted by Crippen LogP contribution is 2.48. The maximum absolute atomic E-state index is 14.8. The first kappa shape index (κ1) is 33.6. The van der Waals surface area contributed by atoms with E-state index in [1.807, 2.05) is 22.9 Å². The second kappa shape index (κ2) is 13.7. The molecule has 3 aliphatic rings. The number of carbonyl (C=O) groups excluding carboxylic acids is 1. The van der Waals surface area contributed by atoms with Gasteiger partial charge in [0.25, 0.3) is 0 Å². The van der Waals surface area contributed by atoms with Gasteiger partial charge in [-0.15, -0.1) is 11.3 Å². The Labute approximate surface area is 276 Å². The third kappa shape index (κ3) is 7.74. The summed E-state index contributed by atoms with van der Waals surface area (Å²) in [5.74, 6) is 6.73. The van der Waals surface area contributed by atoms with Gasteiger partial charge in [0.1, 0.15) is 19.1 Å². The molecule has 0 bridgehead atoms. The zero-order chi connectivity index (χ0) is 33.3. The van der Waals surface area contributed by atoms with Crippen molar-refractivity contribution in [1.82, 2.24) is 9.80 Å². The standard InChI is InChI=1S/C34H39F4N4O3PS/c1-41-14-12-27(26(35)21-41)40-29-6-3-5-24-25(20-34(36,37)38)31(47-32(24)29)7-4-13-39-28-11-10-23(19-30(28)45-2)46(44)17-15-42(16-18-46)33(43)22-8-9-22/h3,5-6,10-11,19,22,26-27,39-40H,8-9,12-18,20-21H2,1-2H3/t26-,27+/m0/s1. The molecule has 0 radical (unpaired) electrons. The number of nitrogens with one attached hydrogen (secondary N) is 2. The lowest BCUT2D eigenvalue weighted by Gasteiger charge is -2.33. The molecule has 2 aliphatic heterocycles. The number of halogens is 4. The van der Waals surface area contributed by atoms with Gasteiger partial charge in [0, 0.05) is 49.7 Å². The zero-order valence-corrected chi connectivity index (χ0v) is 28.2. The predicted molar refractivity (Wildman–Crippen MR) is 181 cm³/mol. The number of hydrogen-bond acceptors (Lipinski definition) is 7. The normalized spacial score (nSPS) is 21.6. The minimum atomic E-state index is -4.43. The first-order valence-electron chi connectivity index (χ1n) is 15.9. The van der Waals surface area contributed by atoms with Crippen LogP contribution in [-0.2, 0) is 15.8 Å². The highest BCUT2D eigenvalue weighted by molar-refractivity contribution is 7.71. The molecule has 3 aromatic rings. The van der Waals surface area contributed by atoms with Crippen molar-refractivity contribution >= 4 is 51.2 Å². The van der Waals surface area contributed by atoms with Crippen LogP contribution in [0, 0.1) is 17.8 Å². The quantitative estimate of drug-likeness (QED) is 0.167. The van der Waals surface area contributed by atoms with Crippen LogP contribution in [0.3, 0.4) is 0 Å². The van der Waals surface area contributed by atoms with E-state index >= 15 is 0 Å². The summed E-state index contributed by atoms with van der Waals surface area (Å²) in [7, 11) is 0.693. The number of fused-ring (bicyclic) bond motifs is 1. The van der Waals surface area contributed by atoms with Gasteiger partial charge in [-0.1, -0.05) is 24.0 Å². The molecule has 1 saturated carbocycles. The Balaban J connectivity index is 1.17. The van der Waals surface area contributed by atoms with E-state index in [-0.39, 0.29) is 23.9 Å². The minimum Gasteiger partial charge on any atom is -0.495 e. The molecule has 6 rings (SSSR count). The average Bonchev–Trinajstić information content (AvgIpc) is 3.83. The lowest BCUT2D eigenvalue weighted by atomic mass is 10.0. The summed E-state index contributed by atoms with van der Waals surface area (Å²) in [5.41, 5.74) is 1.35. The Morgan fingerprint density at radius 1 is 1.11 bits per heavy atom. The van der Waals surface area contributed by atoms with E-state index in [9.17, 15) is 26.9 Å². The summed E-state index contributed by atoms with van der Waals surface area (Å²) in [6.45, 7) is 2.15. The third-order valence-electron chi connectivity index (χ3n) is 9.21. The topological polar surface area (TPSA) is 73.9 Å². The highest BCUT2D eigenvalue weighted by atomic mass is 32.1. The van der Waals surface area contributed by atoms with E-state index in [1.165, 1.54) is 18.4 Å². The molecular weight excluding hydrogens is 651 g/mol. The number of anilines is 2. The van der Waals surface area contributed by atoms with Crippen molar-refractivity contribution < 1.29 is 31.7 Å². The van der Waals surface area contributed by atoms with Crippen molar-refractivity contribution in [2.75, 3.05) is 69.8 Å². The lowest BCUT2D eigenvalue weighted by Crippen LogP contribution is -2.46. The molecule has 13 heteroatoms. The summed E-state index contributed by atoms with van der Waals surface area (Å²) in [6, 6.07) is 10.1. The Bertz CT molecular complexity index is 1740. The molecule has 47 heavy (non-hydrogen) atoms. The lowest BCUT2D eigenvalue weighted by molar-refractivity contribution is -0.132. The Morgan fingerprint density at radius 2 is 1.87 bits per heavy atom. The molecule has 0 spiro atoms. The molecule has 2 aromatic carbocycles. The monoisotopic (exact) mass is 690 g/mol. The average molecular weight is 691 g/mol. The van der Waals surface area contributed by atoms with Crippen LogP contribution in [0.4, 0.5) is 28.9 Å². The molecule has 3 fully saturated rings. The van der Waals surface area contributed by atoms with E-state index < -0.39 is 32.0 Å². The number of alkyl halides is 4. The fourth-order valence-electron chi connectivity index (χ4n) is 6.38. The number of benzene rings is 2. The molecule has 1 aromatic heterocycles. The maximum Gasteiger partial charge on any atom is 0.393 e. The second-order valence-corrected chi connectivity index (χ2v) is 16.9. The summed E-state index contributed by atoms with van der Waals surface area (Å²) >= 11 is 1.18. The van der Waals surface area contributed by atoms with Crippen LogP contribution >= 0.6 is 18.5 Å². The van der Waals surface area contributed by atoms with Crippen LogP contribution in [0.2, 0.25) is 0 Å². The van der Waals surface area contributed by atoms with Gasteiger partial charge >= 0.3 is 6.18 Å². The second-order valence-electron chi connectivity index (χ2n) is 12.7. The van der Waals surface area contributed by atoms with Gasteiger partial charge in [-0.2, -0.15) is 13.2 Å². The van der Waals surface area contributed by atoms with Crippen LogP contribution in [0.1, 0.15) is 29.7 Å². The van der Waals surface area contributed by atoms with Gasteiger partial charge in [0.2, 0.25) is 5.91 Å². The molecule has 2 atom stereocenters. The van der Waals surface area contributed by atoms with Gasteiger partial charge in [0.15, 0.2) is 0 Å². The van der Waals surface area contributed by atoms with Crippen molar-refractivity contribution in [3.63, 3.8) is 0 Å². The summed E-state index contributed by atoms with van der Waals surface area (Å²) in [4.78, 5) is 16.5. The molecule has 2 saturated heterocycles. The molecular formula is C34H39F4N4O3PS. The fourth-order valence-corrected chi connectivity index (χ4v) is 10.1. The van der Waals surface area contributed by atoms with E-state index in [0.29, 0.717) is 75.8 Å². The summed E-state index contributed by atoms with van der Waals surface area (Å²) in [6.07, 6.45) is -3.28. The van der Waals surface area contributed by atoms with Crippen LogP contribution in [-0.4, -0.2) is 93.3 Å². The number of methoxy groups -OCH3 is 1. The van der Waals surface area contributed by atoms with Crippen LogP contribution in [0.5, 0.6) is 5.75 Å². The Hall–Kier alpha value is -3.26. The van der Waals surface area contributed by atoms with Crippen molar-refractivity contribution in [3.8, 4) is 17.6 Å². The SMILES string of the molecule is COc1cc(P2(=O)CCN(C(=O)C3CC3)CC2)ccc1NCC#Cc1sc2c(N[C@@H]3CCN(C)C[C@@H]3F)cccc2c1CC(F)(F)F. The molecule has 252 valence electrons. The van der Waals surface area contributed by atoms with Gasteiger partial charge in [-0.05, 0) is 61.5 Å². The fraction of sp³-hybridized carbons (Fsp3) is 0.500. The van der Waals surface area contributed by atoms with E-state index in [0.717, 1.165) is 19.4 Å². The first-order valence-corrected chi connectivity index (χ1v) is 18.8. The maximum atomic E-state index is 14.8. The first-order chi connectivity index (χ1) is 22.4. The summed E-state index contributed by atoms with van der Waals surface area (Å²) < 4.78 is 75.9. The molecule has 0 unspecified atom stereocenters. The van der Waals surface area contributed by atoms with Crippen LogP contribution in [0.15, 0.2) is 36.4 Å². The molecule has 1 amide bonds. The van der Waals surface area contributed by atoms with E-state index in [2.05, 4.69) is 22.5 Å². The number of likely N-dealkylation sites (tertiary alicyclic amines) is 1. The molecule has 2 N–H and O–H groups in total. The van der Waals surface area contributed by atoms with Crippen molar-refractivity contribution in [2.24, 2.45) is 5.92 Å². The van der Waals surface area contributed by atoms with Crippen molar-refractivity contribution in [3.05, 3.63) is 46.8 Å². The van der Waals surface area contributed by atoms with Gasteiger partial charge in [0.05, 0.1) is 47.1 Å². The highest BCUT2D eigenvalue weighted by Gasteiger charge is 2.38. The van der Waals surface area contributed by atoms with Crippen molar-refractivity contribution in [1.29, 1.82) is 0 Å². The van der Waals surface area contributed by atoms with Gasteiger partial charge < -0.3 is 29.7 Å². The van der Waals surface area contributed by atoms with Crippen LogP contribution in [0.25, 0.3) is 10.1 Å². The number of piperidine rings is 1. The number of nitrogens with zero attached hydrogens (tertiary/aromatic N) is 2. The number of ether oxygens (including phenoxy) is 1. The van der Waals surface area contributed by atoms with Gasteiger partial charge in [-0.3, -0.25) is 4.79 Å². The Morgan fingerprint density at radius 3 is 2.55 bits per heavy atom. The van der Waals surface area contributed by atoms with Crippen LogP contribution < -0.4 is 20.7 Å². The smallest absolute Gasteiger partial charge is 0.393 e. The van der Waals surface area contributed by atoms with E-state index in [4.69, 9.17) is 4.74 Å². The number of thiophene rings is 1. The number of carbonyl (C=O) groups is 1. The largest absolute Gasteiger partial charge is 0.495 e. The van der Waals surface area contributed by atoms with E-state index in [1.54, 1.807) is 30.3 Å². The number of amides is 1. The third-order valence-corrected chi connectivity index (χ3v) is 13.5. The summed E-state index contributed by atoms with van der Waals surface area (Å²) in [5, 5.41) is 7.61. The van der Waals surface area contributed by atoms with Gasteiger partial charge in [-0.25, -0.2) is 4.39 Å². The Kier molecular flexibility index (Phi) is 9.80. The minimum absolute atomic E-state index is 0.116. The molecule has 3 heterocycles. The predicted octanol–water partition coefficient (Wildman–Crippen LogP) is 6.17. The molecule has 1 aliphatic carbocycles. The number of hydrogen-bond donors (Lipinski definition) is 2. The number of rotatable bonds is 8. The zero-order valence-electron chi connectivity index (χ0n) is 26.5. The van der Waals surface area contributed by atoms with Crippen molar-refractivity contribution in [2.45, 2.75) is 44.1 Å².